The lowest BCUT2D eigenvalue weighted by atomic mass is 10.2. The van der Waals surface area contributed by atoms with Crippen molar-refractivity contribution in [1.29, 1.82) is 0 Å². The average Bonchev–Trinajstić information content (AvgIpc) is 2.28. The summed E-state index contributed by atoms with van der Waals surface area (Å²) >= 11 is 3.11. The molecule has 0 aliphatic heterocycles. The summed E-state index contributed by atoms with van der Waals surface area (Å²) in [6.45, 7) is 4.22. The number of carboxylic acid groups (broad SMARTS) is 1. The molecule has 0 fully saturated rings. The highest BCUT2D eigenvalue weighted by Gasteiger charge is 2.16. The van der Waals surface area contributed by atoms with Crippen molar-refractivity contribution >= 4 is 29.5 Å². The molecule has 16 heavy (non-hydrogen) atoms. The van der Waals surface area contributed by atoms with Gasteiger partial charge >= 0.3 is 5.97 Å². The number of benzene rings is 1. The zero-order valence-corrected chi connectivity index (χ0v) is 11.3. The molecule has 1 aromatic rings. The summed E-state index contributed by atoms with van der Waals surface area (Å²) in [5.74, 6) is -0.837. The Labute approximate surface area is 105 Å². The maximum Gasteiger partial charge on any atom is 0.337 e. The number of thioether (sulfide) groups is 2. The Morgan fingerprint density at radius 2 is 2.06 bits per heavy atom. The fourth-order valence-corrected chi connectivity index (χ4v) is 3.04. The van der Waals surface area contributed by atoms with Crippen LogP contribution in [0, 0.1) is 0 Å². The van der Waals surface area contributed by atoms with Crippen LogP contribution in [-0.2, 0) is 0 Å². The van der Waals surface area contributed by atoms with E-state index >= 15 is 0 Å². The summed E-state index contributed by atoms with van der Waals surface area (Å²) in [5.41, 5.74) is 0.445. The molecule has 0 heterocycles. The number of hydrogen-bond acceptors (Lipinski definition) is 3. The fourth-order valence-electron chi connectivity index (χ4n) is 1.29. The van der Waals surface area contributed by atoms with Crippen molar-refractivity contribution in [2.75, 3.05) is 6.26 Å². The van der Waals surface area contributed by atoms with Gasteiger partial charge in [0.05, 0.1) is 5.56 Å². The maximum absolute atomic E-state index is 11.2. The van der Waals surface area contributed by atoms with Crippen LogP contribution in [0.25, 0.3) is 0 Å². The minimum absolute atomic E-state index is 0.440. The van der Waals surface area contributed by atoms with Crippen molar-refractivity contribution in [2.24, 2.45) is 0 Å². The van der Waals surface area contributed by atoms with Crippen molar-refractivity contribution in [3.8, 4) is 0 Å². The molecular weight excluding hydrogens is 240 g/mol. The molecule has 1 N–H and O–H groups in total. The van der Waals surface area contributed by atoms with Crippen molar-refractivity contribution in [1.82, 2.24) is 0 Å². The molecule has 0 spiro atoms. The summed E-state index contributed by atoms with van der Waals surface area (Å²) in [7, 11) is 0. The molecule has 88 valence electrons. The van der Waals surface area contributed by atoms with E-state index in [9.17, 15) is 9.90 Å². The first-order valence-electron chi connectivity index (χ1n) is 5.17. The van der Waals surface area contributed by atoms with E-state index < -0.39 is 5.97 Å². The van der Waals surface area contributed by atoms with Crippen LogP contribution in [0.2, 0.25) is 0 Å². The zero-order chi connectivity index (χ0) is 12.1. The molecule has 0 aromatic heterocycles. The van der Waals surface area contributed by atoms with Crippen LogP contribution in [0.3, 0.4) is 0 Å². The minimum Gasteiger partial charge on any atom is -0.478 e. The third-order valence-corrected chi connectivity index (χ3v) is 4.43. The van der Waals surface area contributed by atoms with Gasteiger partial charge in [-0.3, -0.25) is 0 Å². The number of rotatable bonds is 5. The largest absolute Gasteiger partial charge is 0.478 e. The summed E-state index contributed by atoms with van der Waals surface area (Å²) < 4.78 is 0. The minimum atomic E-state index is -0.837. The van der Waals surface area contributed by atoms with Crippen LogP contribution in [0.1, 0.15) is 30.6 Å². The molecule has 0 saturated heterocycles. The first kappa shape index (κ1) is 13.5. The van der Waals surface area contributed by atoms with Crippen LogP contribution in [0.15, 0.2) is 28.0 Å². The Kier molecular flexibility index (Phi) is 5.22. The average molecular weight is 256 g/mol. The Hall–Kier alpha value is -0.610. The highest BCUT2D eigenvalue weighted by Crippen LogP contribution is 2.33. The molecule has 1 atom stereocenters. The van der Waals surface area contributed by atoms with Crippen LogP contribution in [0.4, 0.5) is 0 Å². The second-order valence-electron chi connectivity index (χ2n) is 3.48. The highest BCUT2D eigenvalue weighted by molar-refractivity contribution is 8.00. The normalized spacial score (nSPS) is 12.4. The lowest BCUT2D eigenvalue weighted by molar-refractivity contribution is 0.0689. The van der Waals surface area contributed by atoms with Crippen molar-refractivity contribution in [3.05, 3.63) is 23.8 Å². The number of hydrogen-bond donors (Lipinski definition) is 1. The topological polar surface area (TPSA) is 37.3 Å². The molecule has 0 radical (unpaired) electrons. The van der Waals surface area contributed by atoms with Gasteiger partial charge in [-0.25, -0.2) is 4.79 Å². The van der Waals surface area contributed by atoms with Crippen molar-refractivity contribution in [2.45, 2.75) is 35.3 Å². The Morgan fingerprint density at radius 3 is 2.56 bits per heavy atom. The lowest BCUT2D eigenvalue weighted by Crippen LogP contribution is -2.03. The van der Waals surface area contributed by atoms with Gasteiger partial charge in [-0.15, -0.1) is 23.5 Å². The van der Waals surface area contributed by atoms with E-state index in [0.717, 1.165) is 16.2 Å². The second-order valence-corrected chi connectivity index (χ2v) is 5.80. The van der Waals surface area contributed by atoms with Gasteiger partial charge in [0, 0.05) is 15.0 Å². The number of carbonyl (C=O) groups is 1. The standard InChI is InChI=1S/C12H16O2S2/c1-4-8(2)16-10-7-5-6-9(15-3)11(10)12(13)14/h5-8H,4H2,1-3H3,(H,13,14). The number of aromatic carboxylic acids is 1. The van der Waals surface area contributed by atoms with E-state index in [1.807, 2.05) is 24.5 Å². The Morgan fingerprint density at radius 1 is 1.44 bits per heavy atom. The van der Waals surface area contributed by atoms with Crippen LogP contribution in [0.5, 0.6) is 0 Å². The van der Waals surface area contributed by atoms with Gasteiger partial charge in [0.15, 0.2) is 0 Å². The third kappa shape index (κ3) is 3.19. The molecule has 0 aliphatic rings. The monoisotopic (exact) mass is 256 g/mol. The Bertz CT molecular complexity index is 377. The molecule has 4 heteroatoms. The molecule has 0 amide bonds. The van der Waals surface area contributed by atoms with Crippen LogP contribution in [-0.4, -0.2) is 22.6 Å². The first-order valence-corrected chi connectivity index (χ1v) is 7.27. The van der Waals surface area contributed by atoms with E-state index in [1.165, 1.54) is 11.8 Å². The lowest BCUT2D eigenvalue weighted by Gasteiger charge is -2.12. The smallest absolute Gasteiger partial charge is 0.337 e. The molecule has 0 bridgehead atoms. The Balaban J connectivity index is 3.12. The molecule has 1 rings (SSSR count). The van der Waals surface area contributed by atoms with E-state index in [4.69, 9.17) is 0 Å². The number of carboxylic acids is 1. The van der Waals surface area contributed by atoms with Gasteiger partial charge in [0.2, 0.25) is 0 Å². The molecular formula is C12H16O2S2. The summed E-state index contributed by atoms with van der Waals surface area (Å²) in [5, 5.41) is 9.68. The summed E-state index contributed by atoms with van der Waals surface area (Å²) in [6, 6.07) is 5.66. The van der Waals surface area contributed by atoms with Crippen LogP contribution < -0.4 is 0 Å². The molecule has 2 nitrogen and oxygen atoms in total. The second kappa shape index (κ2) is 6.21. The summed E-state index contributed by atoms with van der Waals surface area (Å²) in [4.78, 5) is 12.9. The van der Waals surface area contributed by atoms with Gasteiger partial charge in [0.1, 0.15) is 0 Å². The van der Waals surface area contributed by atoms with Gasteiger partial charge in [0.25, 0.3) is 0 Å². The van der Waals surface area contributed by atoms with E-state index in [1.54, 1.807) is 11.8 Å². The predicted octanol–water partition coefficient (Wildman–Crippen LogP) is 4.00. The van der Waals surface area contributed by atoms with Gasteiger partial charge in [-0.1, -0.05) is 19.9 Å². The van der Waals surface area contributed by atoms with E-state index in [2.05, 4.69) is 13.8 Å². The van der Waals surface area contributed by atoms with Crippen molar-refractivity contribution in [3.63, 3.8) is 0 Å². The highest BCUT2D eigenvalue weighted by atomic mass is 32.2. The fraction of sp³-hybridized carbons (Fsp3) is 0.417. The maximum atomic E-state index is 11.2. The van der Waals surface area contributed by atoms with E-state index in [-0.39, 0.29) is 0 Å². The summed E-state index contributed by atoms with van der Waals surface area (Å²) in [6.07, 6.45) is 2.94. The first-order chi connectivity index (χ1) is 7.60. The predicted molar refractivity (Wildman–Crippen MR) is 70.8 cm³/mol. The van der Waals surface area contributed by atoms with Gasteiger partial charge < -0.3 is 5.11 Å². The molecule has 1 unspecified atom stereocenters. The molecule has 0 saturated carbocycles. The van der Waals surface area contributed by atoms with Gasteiger partial charge in [-0.05, 0) is 24.8 Å². The molecule has 1 aromatic carbocycles. The SMILES string of the molecule is CCC(C)Sc1cccc(SC)c1C(=O)O. The zero-order valence-electron chi connectivity index (χ0n) is 9.69. The quantitative estimate of drug-likeness (QED) is 0.808. The molecule has 0 aliphatic carbocycles. The third-order valence-electron chi connectivity index (χ3n) is 2.32. The van der Waals surface area contributed by atoms with E-state index in [0.29, 0.717) is 10.8 Å². The van der Waals surface area contributed by atoms with Crippen LogP contribution >= 0.6 is 23.5 Å². The van der Waals surface area contributed by atoms with Crippen molar-refractivity contribution < 1.29 is 9.90 Å². The van der Waals surface area contributed by atoms with Gasteiger partial charge in [-0.2, -0.15) is 0 Å².